The molecule has 3 atom stereocenters. The van der Waals surface area contributed by atoms with Crippen molar-refractivity contribution in [2.45, 2.75) is 44.8 Å². The minimum atomic E-state index is -3.21. The van der Waals surface area contributed by atoms with E-state index in [4.69, 9.17) is 4.74 Å². The number of hydrogen-bond donors (Lipinski definition) is 1. The molecule has 0 aromatic carbocycles. The molecule has 1 amide bonds. The minimum absolute atomic E-state index is 0.0152. The molecule has 2 aliphatic heterocycles. The Morgan fingerprint density at radius 1 is 1.35 bits per heavy atom. The van der Waals surface area contributed by atoms with Crippen LogP contribution in [0.2, 0.25) is 0 Å². The third-order valence-electron chi connectivity index (χ3n) is 4.12. The van der Waals surface area contributed by atoms with Gasteiger partial charge in [0.25, 0.3) is 0 Å². The van der Waals surface area contributed by atoms with Crippen molar-refractivity contribution in [3.05, 3.63) is 0 Å². The first-order valence-corrected chi connectivity index (χ1v) is 9.10. The van der Waals surface area contributed by atoms with Gasteiger partial charge in [0.1, 0.15) is 0 Å². The fourth-order valence-corrected chi connectivity index (χ4v) is 3.80. The first-order chi connectivity index (χ1) is 9.38. The van der Waals surface area contributed by atoms with Gasteiger partial charge in [0.15, 0.2) is 0 Å². The highest BCUT2D eigenvalue weighted by Gasteiger charge is 2.32. The molecule has 2 fully saturated rings. The normalized spacial score (nSPS) is 30.1. The van der Waals surface area contributed by atoms with Crippen molar-refractivity contribution in [2.75, 3.05) is 26.0 Å². The van der Waals surface area contributed by atoms with E-state index in [-0.39, 0.29) is 24.0 Å². The zero-order valence-electron chi connectivity index (χ0n) is 12.2. The number of piperidine rings is 1. The second-order valence-corrected chi connectivity index (χ2v) is 7.79. The summed E-state index contributed by atoms with van der Waals surface area (Å²) in [4.78, 5) is 12.2. The fraction of sp³-hybridized carbons (Fsp3) is 0.923. The van der Waals surface area contributed by atoms with Gasteiger partial charge in [0.05, 0.1) is 24.3 Å². The summed E-state index contributed by atoms with van der Waals surface area (Å²) in [5, 5.41) is 2.98. The van der Waals surface area contributed by atoms with Gasteiger partial charge in [-0.15, -0.1) is 0 Å². The molecule has 7 heteroatoms. The Labute approximate surface area is 120 Å². The predicted molar refractivity (Wildman–Crippen MR) is 75.7 cm³/mol. The third-order valence-corrected chi connectivity index (χ3v) is 5.39. The number of hydrogen-bond acceptors (Lipinski definition) is 4. The Balaban J connectivity index is 1.88. The Bertz CT molecular complexity index is 445. The van der Waals surface area contributed by atoms with Gasteiger partial charge in [-0.25, -0.2) is 12.7 Å². The van der Waals surface area contributed by atoms with Crippen LogP contribution < -0.4 is 5.32 Å². The van der Waals surface area contributed by atoms with Gasteiger partial charge in [-0.1, -0.05) is 0 Å². The van der Waals surface area contributed by atoms with Crippen LogP contribution in [0.3, 0.4) is 0 Å². The molecule has 20 heavy (non-hydrogen) atoms. The molecule has 0 spiro atoms. The highest BCUT2D eigenvalue weighted by molar-refractivity contribution is 7.88. The lowest BCUT2D eigenvalue weighted by Gasteiger charge is -2.31. The molecular weight excluding hydrogens is 280 g/mol. The molecule has 0 radical (unpaired) electrons. The minimum Gasteiger partial charge on any atom is -0.376 e. The number of nitrogens with one attached hydrogen (secondary N) is 1. The van der Waals surface area contributed by atoms with Crippen LogP contribution in [0.1, 0.15) is 32.6 Å². The summed E-state index contributed by atoms with van der Waals surface area (Å²) in [5.74, 6) is -0.302. The van der Waals surface area contributed by atoms with Crippen molar-refractivity contribution in [1.82, 2.24) is 9.62 Å². The predicted octanol–water partition coefficient (Wildman–Crippen LogP) is 0.342. The quantitative estimate of drug-likeness (QED) is 0.813. The van der Waals surface area contributed by atoms with Crippen LogP contribution in [0.15, 0.2) is 0 Å². The van der Waals surface area contributed by atoms with Crippen molar-refractivity contribution < 1.29 is 17.9 Å². The molecule has 2 aliphatic rings. The van der Waals surface area contributed by atoms with E-state index in [1.165, 1.54) is 10.6 Å². The molecule has 1 N–H and O–H groups in total. The highest BCUT2D eigenvalue weighted by Crippen LogP contribution is 2.20. The summed E-state index contributed by atoms with van der Waals surface area (Å²) in [5.41, 5.74) is 0. The van der Waals surface area contributed by atoms with E-state index in [1.54, 1.807) is 0 Å². The van der Waals surface area contributed by atoms with Gasteiger partial charge in [-0.2, -0.15) is 0 Å². The van der Waals surface area contributed by atoms with Crippen molar-refractivity contribution >= 4 is 15.9 Å². The monoisotopic (exact) mass is 304 g/mol. The van der Waals surface area contributed by atoms with E-state index >= 15 is 0 Å². The standard InChI is InChI=1S/C13H24N2O4S/c1-10(12-6-4-8-19-12)14-13(16)11-5-3-7-15(9-11)20(2,17)18/h10-12H,3-9H2,1-2H3,(H,14,16)/t10-,11-,12-/m0/s1. The fourth-order valence-electron chi connectivity index (χ4n) is 2.89. The first kappa shape index (κ1) is 15.7. The van der Waals surface area contributed by atoms with Crippen LogP contribution in [0, 0.1) is 5.92 Å². The van der Waals surface area contributed by atoms with E-state index < -0.39 is 10.0 Å². The molecule has 6 nitrogen and oxygen atoms in total. The van der Waals surface area contributed by atoms with Crippen LogP contribution in [0.25, 0.3) is 0 Å². The second-order valence-electron chi connectivity index (χ2n) is 5.81. The molecule has 0 unspecified atom stereocenters. The molecule has 116 valence electrons. The summed E-state index contributed by atoms with van der Waals surface area (Å²) < 4.78 is 30.1. The lowest BCUT2D eigenvalue weighted by molar-refractivity contribution is -0.127. The van der Waals surface area contributed by atoms with E-state index in [0.29, 0.717) is 13.1 Å². The average Bonchev–Trinajstić information content (AvgIpc) is 2.91. The van der Waals surface area contributed by atoms with E-state index in [1.807, 2.05) is 6.92 Å². The van der Waals surface area contributed by atoms with Gasteiger partial charge in [-0.05, 0) is 32.6 Å². The van der Waals surface area contributed by atoms with E-state index in [9.17, 15) is 13.2 Å². The van der Waals surface area contributed by atoms with Crippen LogP contribution >= 0.6 is 0 Å². The summed E-state index contributed by atoms with van der Waals surface area (Å²) in [6, 6.07) is -0.0152. The molecule has 0 saturated carbocycles. The molecule has 0 aromatic rings. The maximum Gasteiger partial charge on any atom is 0.224 e. The molecule has 0 aliphatic carbocycles. The number of sulfonamides is 1. The molecule has 2 saturated heterocycles. The van der Waals surface area contributed by atoms with Crippen LogP contribution in [-0.2, 0) is 19.6 Å². The second kappa shape index (κ2) is 6.41. The summed E-state index contributed by atoms with van der Waals surface area (Å²) in [6.07, 6.45) is 4.78. The van der Waals surface area contributed by atoms with Crippen LogP contribution in [0.4, 0.5) is 0 Å². The zero-order valence-corrected chi connectivity index (χ0v) is 13.0. The van der Waals surface area contributed by atoms with Gasteiger partial charge in [0.2, 0.25) is 15.9 Å². The van der Waals surface area contributed by atoms with Crippen molar-refractivity contribution in [2.24, 2.45) is 5.92 Å². The lowest BCUT2D eigenvalue weighted by Crippen LogP contribution is -2.49. The van der Waals surface area contributed by atoms with Gasteiger partial charge < -0.3 is 10.1 Å². The Kier molecular flexibility index (Phi) is 5.04. The van der Waals surface area contributed by atoms with E-state index in [2.05, 4.69) is 5.32 Å². The number of ether oxygens (including phenoxy) is 1. The molecule has 2 heterocycles. The third kappa shape index (κ3) is 3.93. The highest BCUT2D eigenvalue weighted by atomic mass is 32.2. The average molecular weight is 304 g/mol. The zero-order chi connectivity index (χ0) is 14.8. The molecule has 0 aromatic heterocycles. The largest absolute Gasteiger partial charge is 0.376 e. The molecule has 0 bridgehead atoms. The SMILES string of the molecule is C[C@H](NC(=O)[C@H]1CCCN(S(C)(=O)=O)C1)[C@@H]1CCCO1. The molecule has 2 rings (SSSR count). The van der Waals surface area contributed by atoms with Crippen molar-refractivity contribution in [3.63, 3.8) is 0 Å². The van der Waals surface area contributed by atoms with Crippen LogP contribution in [-0.4, -0.2) is 56.7 Å². The summed E-state index contributed by atoms with van der Waals surface area (Å²) >= 11 is 0. The molecular formula is C13H24N2O4S. The smallest absolute Gasteiger partial charge is 0.224 e. The van der Waals surface area contributed by atoms with Gasteiger partial charge in [0, 0.05) is 19.7 Å². The van der Waals surface area contributed by atoms with Crippen molar-refractivity contribution in [1.29, 1.82) is 0 Å². The number of nitrogens with zero attached hydrogens (tertiary/aromatic N) is 1. The van der Waals surface area contributed by atoms with E-state index in [0.717, 1.165) is 32.3 Å². The Morgan fingerprint density at radius 2 is 2.10 bits per heavy atom. The summed E-state index contributed by atoms with van der Waals surface area (Å²) in [7, 11) is -3.21. The van der Waals surface area contributed by atoms with Gasteiger partial charge in [-0.3, -0.25) is 4.79 Å². The Morgan fingerprint density at radius 3 is 2.70 bits per heavy atom. The topological polar surface area (TPSA) is 75.7 Å². The number of carbonyl (C=O) groups is 1. The van der Waals surface area contributed by atoms with Gasteiger partial charge >= 0.3 is 0 Å². The maximum absolute atomic E-state index is 12.2. The number of rotatable bonds is 4. The van der Waals surface area contributed by atoms with Crippen LogP contribution in [0.5, 0.6) is 0 Å². The first-order valence-electron chi connectivity index (χ1n) is 7.25. The summed E-state index contributed by atoms with van der Waals surface area (Å²) in [6.45, 7) is 3.52. The lowest BCUT2D eigenvalue weighted by atomic mass is 9.98. The van der Waals surface area contributed by atoms with Crippen molar-refractivity contribution in [3.8, 4) is 0 Å². The maximum atomic E-state index is 12.2. The number of amides is 1. The number of carbonyl (C=O) groups excluding carboxylic acids is 1. The Hall–Kier alpha value is -0.660.